The van der Waals surface area contributed by atoms with E-state index in [0.717, 1.165) is 29.0 Å². The van der Waals surface area contributed by atoms with E-state index in [2.05, 4.69) is 38.1 Å². The van der Waals surface area contributed by atoms with Crippen LogP contribution in [-0.2, 0) is 0 Å². The van der Waals surface area contributed by atoms with Crippen molar-refractivity contribution in [1.82, 2.24) is 15.4 Å². The van der Waals surface area contributed by atoms with Crippen LogP contribution in [0.15, 0.2) is 36.5 Å². The number of rotatable bonds is 6. The number of amides is 2. The van der Waals surface area contributed by atoms with Crippen LogP contribution >= 0.6 is 11.6 Å². The van der Waals surface area contributed by atoms with E-state index in [-0.39, 0.29) is 17.4 Å². The molecule has 1 N–H and O–H groups in total. The smallest absolute Gasteiger partial charge is 0.267 e. The van der Waals surface area contributed by atoms with Crippen LogP contribution in [0.3, 0.4) is 0 Å². The number of aromatic nitrogens is 1. The fraction of sp³-hybridized carbons (Fsp3) is 0.435. The first-order chi connectivity index (χ1) is 13.5. The molecular formula is C23H30ClN3O2. The van der Waals surface area contributed by atoms with Gasteiger partial charge in [-0.2, -0.15) is 0 Å². The zero-order valence-electron chi connectivity index (χ0n) is 18.0. The highest BCUT2D eigenvalue weighted by atomic mass is 35.5. The number of aryl methyl sites for hydroxylation is 2. The van der Waals surface area contributed by atoms with E-state index in [0.29, 0.717) is 16.3 Å². The number of hydrazine groups is 1. The maximum absolute atomic E-state index is 13.4. The van der Waals surface area contributed by atoms with Gasteiger partial charge >= 0.3 is 0 Å². The molecule has 2 amide bonds. The van der Waals surface area contributed by atoms with E-state index < -0.39 is 5.91 Å². The van der Waals surface area contributed by atoms with Gasteiger partial charge in [-0.05, 0) is 49.9 Å². The quantitative estimate of drug-likeness (QED) is 0.392. The summed E-state index contributed by atoms with van der Waals surface area (Å²) in [5, 5.41) is 1.42. The third-order valence-corrected chi connectivity index (χ3v) is 4.98. The van der Waals surface area contributed by atoms with Crippen molar-refractivity contribution in [2.75, 3.05) is 0 Å². The molecule has 0 bridgehead atoms. The maximum Gasteiger partial charge on any atom is 0.276 e. The van der Waals surface area contributed by atoms with Gasteiger partial charge in [-0.15, -0.1) is 0 Å². The number of benzene rings is 1. The summed E-state index contributed by atoms with van der Waals surface area (Å²) >= 11 is 5.86. The number of nitrogens with zero attached hydrogens (tertiary/aromatic N) is 2. The summed E-state index contributed by atoms with van der Waals surface area (Å²) in [6.45, 7) is 12.2. The predicted molar refractivity (Wildman–Crippen MR) is 117 cm³/mol. The summed E-state index contributed by atoms with van der Waals surface area (Å²) in [5.41, 5.74) is 5.77. The van der Waals surface area contributed by atoms with E-state index in [1.54, 1.807) is 24.3 Å². The molecule has 0 aliphatic heterocycles. The van der Waals surface area contributed by atoms with Crippen LogP contribution in [0, 0.1) is 19.3 Å². The van der Waals surface area contributed by atoms with E-state index in [1.165, 1.54) is 6.20 Å². The van der Waals surface area contributed by atoms with Crippen molar-refractivity contribution < 1.29 is 9.59 Å². The minimum absolute atomic E-state index is 0.0634. The molecule has 0 aliphatic rings. The van der Waals surface area contributed by atoms with Crippen molar-refractivity contribution in [3.05, 3.63) is 63.9 Å². The SMILES string of the molecule is CCC[C@@H](NN(C(=O)c1ccc(Cl)nc1)C(=O)c1cc(C)cc(C)c1)C(C)(C)C. The first-order valence-electron chi connectivity index (χ1n) is 9.87. The molecule has 2 rings (SSSR count). The number of carbonyl (C=O) groups excluding carboxylic acids is 2. The Bertz CT molecular complexity index is 852. The molecule has 0 saturated carbocycles. The molecule has 0 saturated heterocycles. The minimum Gasteiger partial charge on any atom is -0.267 e. The van der Waals surface area contributed by atoms with Gasteiger partial charge in [0.05, 0.1) is 5.56 Å². The summed E-state index contributed by atoms with van der Waals surface area (Å²) < 4.78 is 0. The Kier molecular flexibility index (Phi) is 7.55. The van der Waals surface area contributed by atoms with Gasteiger partial charge in [-0.25, -0.2) is 15.4 Å². The highest BCUT2D eigenvalue weighted by Gasteiger charge is 2.32. The Morgan fingerprint density at radius 3 is 2.14 bits per heavy atom. The van der Waals surface area contributed by atoms with Crippen LogP contribution < -0.4 is 5.43 Å². The molecule has 1 atom stereocenters. The number of hydrogen-bond donors (Lipinski definition) is 1. The van der Waals surface area contributed by atoms with Crippen LogP contribution in [0.5, 0.6) is 0 Å². The lowest BCUT2D eigenvalue weighted by Gasteiger charge is -2.35. The van der Waals surface area contributed by atoms with E-state index in [4.69, 9.17) is 11.6 Å². The van der Waals surface area contributed by atoms with Crippen molar-refractivity contribution in [3.8, 4) is 0 Å². The van der Waals surface area contributed by atoms with Crippen LogP contribution in [0.2, 0.25) is 5.15 Å². The van der Waals surface area contributed by atoms with Crippen molar-refractivity contribution in [2.45, 2.75) is 60.4 Å². The second-order valence-corrected chi connectivity index (χ2v) is 8.92. The standard InChI is InChI=1S/C23H30ClN3O2/c1-7-8-19(23(4,5)6)26-27(21(28)17-9-10-20(24)25-14-17)22(29)18-12-15(2)11-16(3)13-18/h9-14,19,26H,7-8H2,1-6H3/t19-/m1/s1. The second kappa shape index (κ2) is 9.51. The van der Waals surface area contributed by atoms with Crippen molar-refractivity contribution >= 4 is 23.4 Å². The van der Waals surface area contributed by atoms with Gasteiger partial charge < -0.3 is 0 Å². The Morgan fingerprint density at radius 1 is 1.07 bits per heavy atom. The van der Waals surface area contributed by atoms with Crippen LogP contribution in [0.1, 0.15) is 72.4 Å². The van der Waals surface area contributed by atoms with E-state index in [1.807, 2.05) is 19.9 Å². The summed E-state index contributed by atoms with van der Waals surface area (Å²) in [4.78, 5) is 30.6. The van der Waals surface area contributed by atoms with Crippen molar-refractivity contribution in [2.24, 2.45) is 5.41 Å². The molecule has 0 radical (unpaired) electrons. The van der Waals surface area contributed by atoms with Gasteiger partial charge in [0.15, 0.2) is 0 Å². The molecule has 5 nitrogen and oxygen atoms in total. The molecule has 1 heterocycles. The molecule has 1 aromatic carbocycles. The molecule has 0 unspecified atom stereocenters. The maximum atomic E-state index is 13.4. The van der Waals surface area contributed by atoms with Crippen LogP contribution in [-0.4, -0.2) is 27.8 Å². The lowest BCUT2D eigenvalue weighted by Crippen LogP contribution is -2.55. The van der Waals surface area contributed by atoms with Crippen molar-refractivity contribution in [1.29, 1.82) is 0 Å². The van der Waals surface area contributed by atoms with Gasteiger partial charge in [0.1, 0.15) is 5.15 Å². The molecule has 156 valence electrons. The summed E-state index contributed by atoms with van der Waals surface area (Å²) in [7, 11) is 0. The summed E-state index contributed by atoms with van der Waals surface area (Å²) in [5.74, 6) is -0.842. The average molecular weight is 416 g/mol. The van der Waals surface area contributed by atoms with E-state index in [9.17, 15) is 9.59 Å². The molecule has 2 aromatic rings. The van der Waals surface area contributed by atoms with Gasteiger partial charge in [0.25, 0.3) is 11.8 Å². The molecule has 0 spiro atoms. The zero-order valence-corrected chi connectivity index (χ0v) is 18.8. The average Bonchev–Trinajstić information content (AvgIpc) is 2.63. The Morgan fingerprint density at radius 2 is 1.66 bits per heavy atom. The third kappa shape index (κ3) is 6.12. The fourth-order valence-electron chi connectivity index (χ4n) is 3.20. The highest BCUT2D eigenvalue weighted by molar-refractivity contribution is 6.29. The number of halogens is 1. The number of pyridine rings is 1. The number of imide groups is 1. The second-order valence-electron chi connectivity index (χ2n) is 8.53. The summed E-state index contributed by atoms with van der Waals surface area (Å²) in [6, 6.07) is 8.64. The molecule has 1 aromatic heterocycles. The third-order valence-electron chi connectivity index (χ3n) is 4.76. The zero-order chi connectivity index (χ0) is 21.8. The minimum atomic E-state index is -0.455. The van der Waals surface area contributed by atoms with Crippen LogP contribution in [0.4, 0.5) is 0 Å². The fourth-order valence-corrected chi connectivity index (χ4v) is 3.32. The lowest BCUT2D eigenvalue weighted by atomic mass is 9.84. The first kappa shape index (κ1) is 23.0. The largest absolute Gasteiger partial charge is 0.276 e. The Balaban J connectivity index is 2.47. The van der Waals surface area contributed by atoms with Gasteiger partial charge in [0.2, 0.25) is 0 Å². The number of hydrogen-bond acceptors (Lipinski definition) is 4. The first-order valence-corrected chi connectivity index (χ1v) is 10.3. The number of carbonyl (C=O) groups is 2. The van der Waals surface area contributed by atoms with Gasteiger partial charge in [-0.3, -0.25) is 9.59 Å². The highest BCUT2D eigenvalue weighted by Crippen LogP contribution is 2.24. The lowest BCUT2D eigenvalue weighted by molar-refractivity contribution is 0.0425. The van der Waals surface area contributed by atoms with Crippen molar-refractivity contribution in [3.63, 3.8) is 0 Å². The monoisotopic (exact) mass is 415 g/mol. The number of nitrogens with one attached hydrogen (secondary N) is 1. The van der Waals surface area contributed by atoms with Gasteiger partial charge in [0, 0.05) is 17.8 Å². The predicted octanol–water partition coefficient (Wildman–Crippen LogP) is 5.35. The van der Waals surface area contributed by atoms with Gasteiger partial charge in [-0.1, -0.05) is 62.9 Å². The normalized spacial score (nSPS) is 12.5. The Hall–Kier alpha value is -2.24. The molecule has 0 fully saturated rings. The van der Waals surface area contributed by atoms with E-state index >= 15 is 0 Å². The Labute approximate surface area is 178 Å². The molecule has 29 heavy (non-hydrogen) atoms. The van der Waals surface area contributed by atoms with Crippen LogP contribution in [0.25, 0.3) is 0 Å². The summed E-state index contributed by atoms with van der Waals surface area (Å²) in [6.07, 6.45) is 3.14. The topological polar surface area (TPSA) is 62.3 Å². The molecular weight excluding hydrogens is 386 g/mol. The molecule has 6 heteroatoms. The molecule has 0 aliphatic carbocycles.